The Morgan fingerprint density at radius 3 is 2.39 bits per heavy atom. The predicted octanol–water partition coefficient (Wildman–Crippen LogP) is 1.83. The lowest BCUT2D eigenvalue weighted by atomic mass is 10.0. The molecule has 2 aliphatic heterocycles. The fraction of sp³-hybridized carbons (Fsp3) is 0.667. The highest BCUT2D eigenvalue weighted by Gasteiger charge is 2.26. The molecule has 0 aromatic carbocycles. The SMILES string of the molecule is CCN1CCC(NC(=O)c2nn(S(C)(=O)=O)c3nc(N4CCCCCC4)ccc23)CC1. The van der Waals surface area contributed by atoms with Crippen molar-refractivity contribution in [2.45, 2.75) is 51.5 Å². The molecule has 0 radical (unpaired) electrons. The summed E-state index contributed by atoms with van der Waals surface area (Å²) in [5.74, 6) is 0.393. The first-order valence-corrected chi connectivity index (χ1v) is 13.1. The largest absolute Gasteiger partial charge is 0.357 e. The first kappa shape index (κ1) is 22.0. The highest BCUT2D eigenvalue weighted by atomic mass is 32.2. The first-order chi connectivity index (χ1) is 14.9. The van der Waals surface area contributed by atoms with Crippen LogP contribution in [0.1, 0.15) is 55.9 Å². The molecule has 2 aromatic rings. The third-order valence-electron chi connectivity index (χ3n) is 6.32. The molecule has 0 unspecified atom stereocenters. The van der Waals surface area contributed by atoms with Crippen molar-refractivity contribution in [2.24, 2.45) is 0 Å². The molecule has 0 aliphatic carbocycles. The number of carbonyl (C=O) groups is 1. The number of likely N-dealkylation sites (tertiary alicyclic amines) is 1. The number of aromatic nitrogens is 3. The van der Waals surface area contributed by atoms with Crippen LogP contribution in [0.3, 0.4) is 0 Å². The van der Waals surface area contributed by atoms with Gasteiger partial charge in [-0.25, -0.2) is 13.4 Å². The van der Waals surface area contributed by atoms with Crippen molar-refractivity contribution in [1.29, 1.82) is 0 Å². The van der Waals surface area contributed by atoms with Crippen molar-refractivity contribution < 1.29 is 13.2 Å². The number of nitrogens with zero attached hydrogens (tertiary/aromatic N) is 5. The molecule has 2 fully saturated rings. The predicted molar refractivity (Wildman–Crippen MR) is 121 cm³/mol. The molecule has 0 bridgehead atoms. The molecule has 9 nitrogen and oxygen atoms in total. The van der Waals surface area contributed by atoms with Gasteiger partial charge in [-0.15, -0.1) is 9.19 Å². The molecule has 10 heteroatoms. The van der Waals surface area contributed by atoms with Crippen LogP contribution in [0.5, 0.6) is 0 Å². The second kappa shape index (κ2) is 9.12. The average molecular weight is 449 g/mol. The van der Waals surface area contributed by atoms with Crippen LogP contribution in [0, 0.1) is 0 Å². The molecule has 2 saturated heterocycles. The normalized spacial score (nSPS) is 19.5. The molecule has 4 heterocycles. The van der Waals surface area contributed by atoms with E-state index < -0.39 is 10.0 Å². The van der Waals surface area contributed by atoms with Crippen LogP contribution in [-0.4, -0.2) is 78.4 Å². The average Bonchev–Trinajstić information content (AvgIpc) is 2.94. The molecule has 1 N–H and O–H groups in total. The van der Waals surface area contributed by atoms with Crippen molar-refractivity contribution in [3.05, 3.63) is 17.8 Å². The van der Waals surface area contributed by atoms with Crippen molar-refractivity contribution in [2.75, 3.05) is 43.9 Å². The van der Waals surface area contributed by atoms with Crippen LogP contribution in [-0.2, 0) is 10.0 Å². The Morgan fingerprint density at radius 2 is 1.77 bits per heavy atom. The summed E-state index contributed by atoms with van der Waals surface area (Å²) >= 11 is 0. The van der Waals surface area contributed by atoms with E-state index in [4.69, 9.17) is 0 Å². The van der Waals surface area contributed by atoms with Gasteiger partial charge in [0.2, 0.25) is 0 Å². The summed E-state index contributed by atoms with van der Waals surface area (Å²) in [6, 6.07) is 3.72. The molecule has 0 atom stereocenters. The van der Waals surface area contributed by atoms with E-state index in [-0.39, 0.29) is 23.3 Å². The van der Waals surface area contributed by atoms with E-state index in [1.54, 1.807) is 6.07 Å². The van der Waals surface area contributed by atoms with Gasteiger partial charge in [-0.1, -0.05) is 19.8 Å². The number of nitrogens with one attached hydrogen (secondary N) is 1. The second-order valence-corrected chi connectivity index (χ2v) is 10.4. The maximum absolute atomic E-state index is 13.0. The minimum Gasteiger partial charge on any atom is -0.357 e. The lowest BCUT2D eigenvalue weighted by Crippen LogP contribution is -2.44. The molecule has 170 valence electrons. The summed E-state index contributed by atoms with van der Waals surface area (Å²) in [4.78, 5) is 22.2. The zero-order valence-electron chi connectivity index (χ0n) is 18.4. The third kappa shape index (κ3) is 4.85. The minimum absolute atomic E-state index is 0.0677. The Morgan fingerprint density at radius 1 is 1.10 bits per heavy atom. The topological polar surface area (TPSA) is 100 Å². The summed E-state index contributed by atoms with van der Waals surface area (Å²) in [7, 11) is -3.70. The smallest absolute Gasteiger partial charge is 0.272 e. The van der Waals surface area contributed by atoms with Crippen LogP contribution in [0.2, 0.25) is 0 Å². The lowest BCUT2D eigenvalue weighted by molar-refractivity contribution is 0.0909. The fourth-order valence-electron chi connectivity index (χ4n) is 4.48. The quantitative estimate of drug-likeness (QED) is 0.745. The maximum Gasteiger partial charge on any atom is 0.272 e. The Bertz CT molecular complexity index is 1030. The van der Waals surface area contributed by atoms with Gasteiger partial charge in [-0.2, -0.15) is 0 Å². The van der Waals surface area contributed by atoms with Gasteiger partial charge in [-0.3, -0.25) is 4.79 Å². The van der Waals surface area contributed by atoms with Crippen LogP contribution in [0.25, 0.3) is 11.0 Å². The van der Waals surface area contributed by atoms with E-state index in [0.717, 1.165) is 74.6 Å². The summed E-state index contributed by atoms with van der Waals surface area (Å²) in [6.45, 7) is 6.83. The number of rotatable bonds is 5. The molecule has 0 saturated carbocycles. The lowest BCUT2D eigenvalue weighted by Gasteiger charge is -2.31. The van der Waals surface area contributed by atoms with Crippen molar-refractivity contribution in [3.63, 3.8) is 0 Å². The number of piperidine rings is 1. The Kier molecular flexibility index (Phi) is 6.47. The molecular weight excluding hydrogens is 416 g/mol. The van der Waals surface area contributed by atoms with Crippen molar-refractivity contribution in [1.82, 2.24) is 24.4 Å². The van der Waals surface area contributed by atoms with Gasteiger partial charge in [0.25, 0.3) is 15.9 Å². The number of carbonyl (C=O) groups excluding carboxylic acids is 1. The number of fused-ring (bicyclic) bond motifs is 1. The van der Waals surface area contributed by atoms with Gasteiger partial charge >= 0.3 is 0 Å². The van der Waals surface area contributed by atoms with E-state index in [1.807, 2.05) is 6.07 Å². The number of anilines is 1. The fourth-order valence-corrected chi connectivity index (χ4v) is 5.17. The molecule has 2 aliphatic rings. The van der Waals surface area contributed by atoms with E-state index >= 15 is 0 Å². The molecule has 31 heavy (non-hydrogen) atoms. The Balaban J connectivity index is 1.63. The van der Waals surface area contributed by atoms with Gasteiger partial charge < -0.3 is 15.1 Å². The zero-order valence-corrected chi connectivity index (χ0v) is 19.2. The Labute approximate surface area is 183 Å². The number of hydrogen-bond acceptors (Lipinski definition) is 7. The highest BCUT2D eigenvalue weighted by Crippen LogP contribution is 2.24. The van der Waals surface area contributed by atoms with Crippen LogP contribution in [0.4, 0.5) is 5.82 Å². The first-order valence-electron chi connectivity index (χ1n) is 11.3. The van der Waals surface area contributed by atoms with E-state index in [9.17, 15) is 13.2 Å². The second-order valence-electron chi connectivity index (χ2n) is 8.58. The van der Waals surface area contributed by atoms with E-state index in [1.165, 1.54) is 12.8 Å². The summed E-state index contributed by atoms with van der Waals surface area (Å²) in [5.41, 5.74) is 0.337. The molecule has 1 amide bonds. The number of pyridine rings is 1. The standard InChI is InChI=1S/C21H32N6O3S/c1-3-25-14-10-16(11-15-25)22-21(28)19-17-8-9-18(26-12-6-4-5-7-13-26)23-20(17)27(24-19)31(2,29)30/h8-9,16H,3-7,10-15H2,1-2H3,(H,22,28). The zero-order chi connectivity index (χ0) is 22.0. The molecule has 2 aromatic heterocycles. The van der Waals surface area contributed by atoms with Crippen LogP contribution < -0.4 is 10.2 Å². The van der Waals surface area contributed by atoms with E-state index in [0.29, 0.717) is 5.39 Å². The van der Waals surface area contributed by atoms with Crippen molar-refractivity contribution >= 4 is 32.8 Å². The minimum atomic E-state index is -3.70. The third-order valence-corrected chi connectivity index (χ3v) is 7.20. The van der Waals surface area contributed by atoms with Gasteiger partial charge in [0.05, 0.1) is 11.6 Å². The number of amides is 1. The van der Waals surface area contributed by atoms with Gasteiger partial charge in [0, 0.05) is 32.2 Å². The molecular formula is C21H32N6O3S. The van der Waals surface area contributed by atoms with E-state index in [2.05, 4.69) is 32.1 Å². The number of hydrogen-bond donors (Lipinski definition) is 1. The Hall–Kier alpha value is -2.20. The maximum atomic E-state index is 13.0. The van der Waals surface area contributed by atoms with Crippen molar-refractivity contribution in [3.8, 4) is 0 Å². The van der Waals surface area contributed by atoms with Crippen LogP contribution in [0.15, 0.2) is 12.1 Å². The van der Waals surface area contributed by atoms with Gasteiger partial charge in [-0.05, 0) is 44.4 Å². The molecule has 4 rings (SSSR count). The van der Waals surface area contributed by atoms with Crippen LogP contribution >= 0.6 is 0 Å². The van der Waals surface area contributed by atoms with Gasteiger partial charge in [0.1, 0.15) is 5.82 Å². The monoisotopic (exact) mass is 448 g/mol. The molecule has 0 spiro atoms. The highest BCUT2D eigenvalue weighted by molar-refractivity contribution is 7.89. The summed E-state index contributed by atoms with van der Waals surface area (Å²) < 4.78 is 25.7. The summed E-state index contributed by atoms with van der Waals surface area (Å²) in [6.07, 6.45) is 7.42. The van der Waals surface area contributed by atoms with Gasteiger partial charge in [0.15, 0.2) is 11.3 Å². The summed E-state index contributed by atoms with van der Waals surface area (Å²) in [5, 5.41) is 7.70.